The molecule has 20 heavy (non-hydrogen) atoms. The van der Waals surface area contributed by atoms with E-state index in [1.165, 1.54) is 12.1 Å². The molecule has 2 rings (SSSR count). The van der Waals surface area contributed by atoms with E-state index in [9.17, 15) is 14.7 Å². The lowest BCUT2D eigenvalue weighted by Crippen LogP contribution is -2.55. The molecule has 0 saturated heterocycles. The predicted octanol–water partition coefficient (Wildman–Crippen LogP) is 3.51. The minimum atomic E-state index is -1.19. The lowest BCUT2D eigenvalue weighted by Gasteiger charge is -2.34. The van der Waals surface area contributed by atoms with E-state index in [1.807, 2.05) is 0 Å². The maximum atomic E-state index is 12.3. The lowest BCUT2D eigenvalue weighted by molar-refractivity contribution is -0.145. The smallest absolute Gasteiger partial charge is 0.329 e. The van der Waals surface area contributed by atoms with E-state index in [1.54, 1.807) is 6.07 Å². The molecule has 0 heterocycles. The monoisotopic (exact) mass is 315 g/mol. The molecule has 1 fully saturated rings. The molecule has 0 aromatic heterocycles. The zero-order chi connectivity index (χ0) is 14.8. The Labute approximate surface area is 127 Å². The number of carbonyl (C=O) groups excluding carboxylic acids is 1. The number of amides is 1. The summed E-state index contributed by atoms with van der Waals surface area (Å²) in [5.41, 5.74) is -0.994. The molecule has 1 saturated carbocycles. The Morgan fingerprint density at radius 1 is 1.15 bits per heavy atom. The fourth-order valence-electron chi connectivity index (χ4n) is 2.50. The molecule has 1 aromatic rings. The van der Waals surface area contributed by atoms with Crippen molar-refractivity contribution in [1.82, 2.24) is 5.32 Å². The molecule has 0 unspecified atom stereocenters. The summed E-state index contributed by atoms with van der Waals surface area (Å²) in [6, 6.07) is 4.54. The molecular formula is C14H15Cl2NO3. The Morgan fingerprint density at radius 2 is 1.80 bits per heavy atom. The molecule has 1 aromatic carbocycles. The van der Waals surface area contributed by atoms with Crippen molar-refractivity contribution in [3.8, 4) is 0 Å². The van der Waals surface area contributed by atoms with E-state index in [2.05, 4.69) is 5.32 Å². The Bertz CT molecular complexity index is 539. The molecule has 0 bridgehead atoms. The predicted molar refractivity (Wildman–Crippen MR) is 77.4 cm³/mol. The fraction of sp³-hybridized carbons (Fsp3) is 0.429. The van der Waals surface area contributed by atoms with Crippen molar-refractivity contribution in [2.45, 2.75) is 37.6 Å². The molecular weight excluding hydrogens is 301 g/mol. The van der Waals surface area contributed by atoms with Gasteiger partial charge in [0.2, 0.25) is 0 Å². The molecule has 0 aliphatic heterocycles. The van der Waals surface area contributed by atoms with Crippen LogP contribution < -0.4 is 5.32 Å². The maximum absolute atomic E-state index is 12.3. The van der Waals surface area contributed by atoms with Gasteiger partial charge in [0.05, 0.1) is 10.6 Å². The second-order valence-corrected chi connectivity index (χ2v) is 5.87. The number of hydrogen-bond donors (Lipinski definition) is 2. The Balaban J connectivity index is 2.24. The van der Waals surface area contributed by atoms with Gasteiger partial charge in [-0.05, 0) is 31.0 Å². The first kappa shape index (κ1) is 15.1. The SMILES string of the molecule is O=C(NC1(C(=O)O)CCCCC1)c1cc(Cl)ccc1Cl. The number of halogens is 2. The van der Waals surface area contributed by atoms with E-state index < -0.39 is 17.4 Å². The van der Waals surface area contributed by atoms with Gasteiger partial charge in [0.15, 0.2) is 0 Å². The number of hydrogen-bond acceptors (Lipinski definition) is 2. The van der Waals surface area contributed by atoms with Crippen LogP contribution in [0, 0.1) is 0 Å². The second kappa shape index (κ2) is 6.02. The molecule has 0 spiro atoms. The van der Waals surface area contributed by atoms with E-state index in [0.29, 0.717) is 17.9 Å². The third-order valence-electron chi connectivity index (χ3n) is 3.64. The standard InChI is InChI=1S/C14H15Cl2NO3/c15-9-4-5-11(16)10(8-9)12(18)17-14(13(19)20)6-2-1-3-7-14/h4-5,8H,1-3,6-7H2,(H,17,18)(H,19,20). The summed E-state index contributed by atoms with van der Waals surface area (Å²) in [7, 11) is 0. The van der Waals surface area contributed by atoms with Gasteiger partial charge in [0.1, 0.15) is 5.54 Å². The molecule has 2 N–H and O–H groups in total. The van der Waals surface area contributed by atoms with Crippen LogP contribution in [0.4, 0.5) is 0 Å². The lowest BCUT2D eigenvalue weighted by atomic mass is 9.81. The van der Waals surface area contributed by atoms with E-state index in [0.717, 1.165) is 19.3 Å². The minimum absolute atomic E-state index is 0.199. The van der Waals surface area contributed by atoms with Crippen molar-refractivity contribution >= 4 is 35.1 Å². The fourth-order valence-corrected chi connectivity index (χ4v) is 2.88. The number of carbonyl (C=O) groups is 2. The summed E-state index contributed by atoms with van der Waals surface area (Å²) in [6.07, 6.45) is 3.44. The summed E-state index contributed by atoms with van der Waals surface area (Å²) < 4.78 is 0. The average molecular weight is 316 g/mol. The third-order valence-corrected chi connectivity index (χ3v) is 4.21. The van der Waals surface area contributed by atoms with Gasteiger partial charge in [-0.15, -0.1) is 0 Å². The van der Waals surface area contributed by atoms with Gasteiger partial charge in [-0.25, -0.2) is 4.79 Å². The van der Waals surface area contributed by atoms with Crippen molar-refractivity contribution in [2.75, 3.05) is 0 Å². The van der Waals surface area contributed by atoms with Gasteiger partial charge in [0, 0.05) is 5.02 Å². The summed E-state index contributed by atoms with van der Waals surface area (Å²) in [6.45, 7) is 0. The number of benzene rings is 1. The van der Waals surface area contributed by atoms with Crippen LogP contribution in [0.2, 0.25) is 10.0 Å². The highest BCUT2D eigenvalue weighted by molar-refractivity contribution is 6.35. The van der Waals surface area contributed by atoms with Crippen LogP contribution in [0.5, 0.6) is 0 Å². The Kier molecular flexibility index (Phi) is 4.55. The number of nitrogens with one attached hydrogen (secondary N) is 1. The second-order valence-electron chi connectivity index (χ2n) is 5.03. The molecule has 0 atom stereocenters. The van der Waals surface area contributed by atoms with Crippen LogP contribution in [0.1, 0.15) is 42.5 Å². The van der Waals surface area contributed by atoms with Gasteiger partial charge in [-0.3, -0.25) is 4.79 Å². The van der Waals surface area contributed by atoms with E-state index in [4.69, 9.17) is 23.2 Å². The van der Waals surface area contributed by atoms with Crippen molar-refractivity contribution in [1.29, 1.82) is 0 Å². The van der Waals surface area contributed by atoms with Crippen LogP contribution in [0.15, 0.2) is 18.2 Å². The highest BCUT2D eigenvalue weighted by atomic mass is 35.5. The quantitative estimate of drug-likeness (QED) is 0.897. The average Bonchev–Trinajstić information content (AvgIpc) is 2.42. The topological polar surface area (TPSA) is 66.4 Å². The first-order valence-corrected chi connectivity index (χ1v) is 7.21. The molecule has 1 amide bonds. The highest BCUT2D eigenvalue weighted by Crippen LogP contribution is 2.30. The third kappa shape index (κ3) is 3.07. The first-order valence-electron chi connectivity index (χ1n) is 6.45. The zero-order valence-corrected chi connectivity index (χ0v) is 12.3. The van der Waals surface area contributed by atoms with Crippen LogP contribution in [0.25, 0.3) is 0 Å². The van der Waals surface area contributed by atoms with Gasteiger partial charge >= 0.3 is 5.97 Å². The van der Waals surface area contributed by atoms with Crippen LogP contribution in [-0.2, 0) is 4.79 Å². The minimum Gasteiger partial charge on any atom is -0.480 e. The maximum Gasteiger partial charge on any atom is 0.329 e. The van der Waals surface area contributed by atoms with Gasteiger partial charge in [-0.1, -0.05) is 42.5 Å². The van der Waals surface area contributed by atoms with Crippen molar-refractivity contribution < 1.29 is 14.7 Å². The van der Waals surface area contributed by atoms with Crippen LogP contribution >= 0.6 is 23.2 Å². The van der Waals surface area contributed by atoms with Gasteiger partial charge in [-0.2, -0.15) is 0 Å². The van der Waals surface area contributed by atoms with Crippen molar-refractivity contribution in [2.24, 2.45) is 0 Å². The van der Waals surface area contributed by atoms with Crippen LogP contribution in [0.3, 0.4) is 0 Å². The Morgan fingerprint density at radius 3 is 2.40 bits per heavy atom. The molecule has 6 heteroatoms. The summed E-state index contributed by atoms with van der Waals surface area (Å²) in [4.78, 5) is 23.8. The van der Waals surface area contributed by atoms with Crippen molar-refractivity contribution in [3.63, 3.8) is 0 Å². The van der Waals surface area contributed by atoms with Gasteiger partial charge in [0.25, 0.3) is 5.91 Å². The van der Waals surface area contributed by atoms with Crippen molar-refractivity contribution in [3.05, 3.63) is 33.8 Å². The molecule has 1 aliphatic rings. The summed E-state index contributed by atoms with van der Waals surface area (Å²) >= 11 is 11.8. The zero-order valence-electron chi connectivity index (χ0n) is 10.8. The molecule has 4 nitrogen and oxygen atoms in total. The summed E-state index contributed by atoms with van der Waals surface area (Å²) in [5, 5.41) is 12.7. The van der Waals surface area contributed by atoms with E-state index >= 15 is 0 Å². The summed E-state index contributed by atoms with van der Waals surface area (Å²) in [5.74, 6) is -1.49. The number of carboxylic acid groups (broad SMARTS) is 1. The molecule has 1 aliphatic carbocycles. The molecule has 0 radical (unpaired) electrons. The highest BCUT2D eigenvalue weighted by Gasteiger charge is 2.41. The van der Waals surface area contributed by atoms with E-state index in [-0.39, 0.29) is 10.6 Å². The van der Waals surface area contributed by atoms with Crippen LogP contribution in [-0.4, -0.2) is 22.5 Å². The largest absolute Gasteiger partial charge is 0.480 e. The Hall–Kier alpha value is -1.26. The number of aliphatic carboxylic acids is 1. The normalized spacial score (nSPS) is 17.5. The molecule has 108 valence electrons. The number of carboxylic acids is 1. The van der Waals surface area contributed by atoms with Gasteiger partial charge < -0.3 is 10.4 Å². The first-order chi connectivity index (χ1) is 9.44. The number of rotatable bonds is 3.